The summed E-state index contributed by atoms with van der Waals surface area (Å²) in [5.41, 5.74) is 3.13. The van der Waals surface area contributed by atoms with Crippen LogP contribution in [0.2, 0.25) is 0 Å². The minimum Gasteiger partial charge on any atom is -0.336 e. The van der Waals surface area contributed by atoms with Crippen molar-refractivity contribution in [2.75, 3.05) is 26.2 Å². The highest BCUT2D eigenvalue weighted by molar-refractivity contribution is 7.89. The summed E-state index contributed by atoms with van der Waals surface area (Å²) in [4.78, 5) is 18.2. The van der Waals surface area contributed by atoms with Gasteiger partial charge >= 0.3 is 0 Å². The van der Waals surface area contributed by atoms with Gasteiger partial charge < -0.3 is 4.90 Å². The monoisotopic (exact) mass is 405 g/mol. The van der Waals surface area contributed by atoms with Crippen LogP contribution in [0, 0.1) is 5.82 Å². The molecule has 140 valence electrons. The van der Waals surface area contributed by atoms with Crippen molar-refractivity contribution in [1.29, 1.82) is 0 Å². The number of thiazole rings is 1. The number of carbonyl (C=O) groups excluding carboxylic acids is 1. The van der Waals surface area contributed by atoms with Crippen LogP contribution in [-0.4, -0.2) is 54.7 Å². The lowest BCUT2D eigenvalue weighted by Crippen LogP contribution is -2.50. The number of benzene rings is 2. The average Bonchev–Trinajstić information content (AvgIpc) is 3.15. The van der Waals surface area contributed by atoms with Gasteiger partial charge in [0.25, 0.3) is 5.91 Å². The maximum Gasteiger partial charge on any atom is 0.253 e. The smallest absolute Gasteiger partial charge is 0.253 e. The molecule has 0 aliphatic carbocycles. The second-order valence-electron chi connectivity index (χ2n) is 6.16. The molecule has 9 heteroatoms. The fourth-order valence-corrected chi connectivity index (χ4v) is 5.30. The molecule has 1 saturated heterocycles. The quantitative estimate of drug-likeness (QED) is 0.672. The van der Waals surface area contributed by atoms with Crippen LogP contribution in [-0.2, 0) is 10.0 Å². The van der Waals surface area contributed by atoms with E-state index in [9.17, 15) is 17.6 Å². The molecular formula is C18H16FN3O3S2. The van der Waals surface area contributed by atoms with E-state index in [0.29, 0.717) is 5.56 Å². The van der Waals surface area contributed by atoms with Crippen LogP contribution in [0.1, 0.15) is 10.4 Å². The largest absolute Gasteiger partial charge is 0.336 e. The first-order valence-corrected chi connectivity index (χ1v) is 10.7. The van der Waals surface area contributed by atoms with Crippen LogP contribution in [0.25, 0.3) is 10.2 Å². The third kappa shape index (κ3) is 3.33. The zero-order chi connectivity index (χ0) is 19.0. The third-order valence-electron chi connectivity index (χ3n) is 4.56. The second kappa shape index (κ2) is 6.99. The molecule has 1 aliphatic rings. The zero-order valence-electron chi connectivity index (χ0n) is 14.2. The predicted octanol–water partition coefficient (Wildman–Crippen LogP) is 2.58. The lowest BCUT2D eigenvalue weighted by Gasteiger charge is -2.34. The zero-order valence-corrected chi connectivity index (χ0v) is 15.8. The molecule has 0 saturated carbocycles. The SMILES string of the molecule is O=C(c1ccc2ncsc2c1)N1CCN(S(=O)(=O)c2ccccc2F)CC1. The molecular weight excluding hydrogens is 389 g/mol. The number of rotatable bonds is 3. The maximum atomic E-state index is 13.9. The topological polar surface area (TPSA) is 70.6 Å². The van der Waals surface area contributed by atoms with Gasteiger partial charge in [-0.3, -0.25) is 4.79 Å². The van der Waals surface area contributed by atoms with Gasteiger partial charge in [-0.15, -0.1) is 11.3 Å². The molecule has 6 nitrogen and oxygen atoms in total. The molecule has 27 heavy (non-hydrogen) atoms. The van der Waals surface area contributed by atoms with Gasteiger partial charge in [0.05, 0.1) is 15.7 Å². The second-order valence-corrected chi connectivity index (χ2v) is 8.95. The maximum absolute atomic E-state index is 13.9. The molecule has 0 unspecified atom stereocenters. The Morgan fingerprint density at radius 3 is 2.56 bits per heavy atom. The molecule has 1 aliphatic heterocycles. The summed E-state index contributed by atoms with van der Waals surface area (Å²) in [5.74, 6) is -0.915. The van der Waals surface area contributed by atoms with Crippen LogP contribution in [0.4, 0.5) is 4.39 Å². The number of sulfonamides is 1. The summed E-state index contributed by atoms with van der Waals surface area (Å²) >= 11 is 1.46. The van der Waals surface area contributed by atoms with Gasteiger partial charge in [-0.1, -0.05) is 12.1 Å². The normalized spacial score (nSPS) is 16.0. The Balaban J connectivity index is 1.48. The number of amides is 1. The molecule has 0 N–H and O–H groups in total. The highest BCUT2D eigenvalue weighted by atomic mass is 32.2. The van der Waals surface area contributed by atoms with E-state index in [2.05, 4.69) is 4.98 Å². The van der Waals surface area contributed by atoms with E-state index >= 15 is 0 Å². The van der Waals surface area contributed by atoms with Crippen LogP contribution < -0.4 is 0 Å². The lowest BCUT2D eigenvalue weighted by molar-refractivity contribution is 0.0698. The summed E-state index contributed by atoms with van der Waals surface area (Å²) in [5, 5.41) is 0. The molecule has 0 bridgehead atoms. The van der Waals surface area contributed by atoms with Crippen molar-refractivity contribution in [3.05, 3.63) is 59.4 Å². The summed E-state index contributed by atoms with van der Waals surface area (Å²) in [7, 11) is -3.91. The van der Waals surface area contributed by atoms with Crippen LogP contribution >= 0.6 is 11.3 Å². The minimum atomic E-state index is -3.91. The van der Waals surface area contributed by atoms with E-state index in [1.54, 1.807) is 28.6 Å². The third-order valence-corrected chi connectivity index (χ3v) is 7.28. The fraction of sp³-hybridized carbons (Fsp3) is 0.222. The molecule has 1 fully saturated rings. The Morgan fingerprint density at radius 1 is 1.07 bits per heavy atom. The molecule has 2 heterocycles. The first kappa shape index (κ1) is 18.0. The number of hydrogen-bond acceptors (Lipinski definition) is 5. The number of fused-ring (bicyclic) bond motifs is 1. The van der Waals surface area contributed by atoms with E-state index < -0.39 is 15.8 Å². The number of piperazine rings is 1. The van der Waals surface area contributed by atoms with Gasteiger partial charge in [0.1, 0.15) is 10.7 Å². The van der Waals surface area contributed by atoms with Crippen molar-refractivity contribution >= 4 is 37.5 Å². The molecule has 1 aromatic heterocycles. The molecule has 4 rings (SSSR count). The highest BCUT2D eigenvalue weighted by Gasteiger charge is 2.32. The van der Waals surface area contributed by atoms with Crippen molar-refractivity contribution in [1.82, 2.24) is 14.2 Å². The number of carbonyl (C=O) groups is 1. The summed E-state index contributed by atoms with van der Waals surface area (Å²) in [6.45, 7) is 0.775. The molecule has 3 aromatic rings. The minimum absolute atomic E-state index is 0.130. The Morgan fingerprint density at radius 2 is 1.81 bits per heavy atom. The van der Waals surface area contributed by atoms with Crippen molar-refractivity contribution < 1.29 is 17.6 Å². The Bertz CT molecular complexity index is 1110. The van der Waals surface area contributed by atoms with E-state index in [1.165, 1.54) is 33.8 Å². The van der Waals surface area contributed by atoms with Crippen molar-refractivity contribution in [2.24, 2.45) is 0 Å². The number of aromatic nitrogens is 1. The van der Waals surface area contributed by atoms with Crippen molar-refractivity contribution in [3.63, 3.8) is 0 Å². The van der Waals surface area contributed by atoms with Crippen LogP contribution in [0.3, 0.4) is 0 Å². The molecule has 0 atom stereocenters. The Kier molecular flexibility index (Phi) is 4.67. The standard InChI is InChI=1S/C18H16FN3O3S2/c19-14-3-1-2-4-17(14)27(24,25)22-9-7-21(8-10-22)18(23)13-5-6-15-16(11-13)26-12-20-15/h1-6,11-12H,7-10H2. The van der Waals surface area contributed by atoms with E-state index in [4.69, 9.17) is 0 Å². The molecule has 2 aromatic carbocycles. The van der Waals surface area contributed by atoms with Gasteiger partial charge in [0.15, 0.2) is 0 Å². The van der Waals surface area contributed by atoms with Gasteiger partial charge in [0, 0.05) is 31.7 Å². The van der Waals surface area contributed by atoms with Crippen LogP contribution in [0.5, 0.6) is 0 Å². The summed E-state index contributed by atoms with van der Waals surface area (Å²) in [6, 6.07) is 10.7. The fourth-order valence-electron chi connectivity index (χ4n) is 3.10. The van der Waals surface area contributed by atoms with E-state index in [-0.39, 0.29) is 37.0 Å². The van der Waals surface area contributed by atoms with Crippen molar-refractivity contribution in [3.8, 4) is 0 Å². The molecule has 0 radical (unpaired) electrons. The van der Waals surface area contributed by atoms with Gasteiger partial charge in [-0.25, -0.2) is 17.8 Å². The number of halogens is 1. The molecule has 0 spiro atoms. The Hall–Kier alpha value is -2.36. The first-order chi connectivity index (χ1) is 13.0. The molecule has 1 amide bonds. The number of nitrogens with zero attached hydrogens (tertiary/aromatic N) is 3. The predicted molar refractivity (Wildman–Crippen MR) is 101 cm³/mol. The van der Waals surface area contributed by atoms with E-state index in [0.717, 1.165) is 16.3 Å². The first-order valence-electron chi connectivity index (χ1n) is 8.34. The summed E-state index contributed by atoms with van der Waals surface area (Å²) < 4.78 is 41.3. The van der Waals surface area contributed by atoms with E-state index in [1.807, 2.05) is 0 Å². The van der Waals surface area contributed by atoms with Gasteiger partial charge in [0.2, 0.25) is 10.0 Å². The van der Waals surface area contributed by atoms with Gasteiger partial charge in [-0.05, 0) is 30.3 Å². The number of hydrogen-bond donors (Lipinski definition) is 0. The lowest BCUT2D eigenvalue weighted by atomic mass is 10.2. The Labute approximate surface area is 159 Å². The van der Waals surface area contributed by atoms with Crippen molar-refractivity contribution in [2.45, 2.75) is 4.90 Å². The summed E-state index contributed by atoms with van der Waals surface area (Å²) in [6.07, 6.45) is 0. The van der Waals surface area contributed by atoms with Crippen LogP contribution in [0.15, 0.2) is 52.9 Å². The highest BCUT2D eigenvalue weighted by Crippen LogP contribution is 2.23. The average molecular weight is 405 g/mol. The van der Waals surface area contributed by atoms with Gasteiger partial charge in [-0.2, -0.15) is 4.31 Å².